The molecular weight excluding hydrogens is 386 g/mol. The van der Waals surface area contributed by atoms with Crippen LogP contribution in [0.25, 0.3) is 0 Å². The number of hydrogen-bond acceptors (Lipinski definition) is 4. The van der Waals surface area contributed by atoms with Gasteiger partial charge >= 0.3 is 0 Å². The monoisotopic (exact) mass is 421 g/mol. The Hall–Kier alpha value is -2.82. The van der Waals surface area contributed by atoms with E-state index in [1.165, 1.54) is 11.1 Å². The standard InChI is InChI=1S/C26H35N3O2/c1-4-6-18-27-26(30)24(9-5-2)29-23-11-8-7-10-21(23)19-28-25(29)17-14-20-12-15-22(31-3)16-13-20/h7-8,10-13,15-16,24H,4-6,9,14,17-19H2,1-3H3,(H,27,30). The lowest BCUT2D eigenvalue weighted by atomic mass is 10.0. The van der Waals surface area contributed by atoms with Gasteiger partial charge in [-0.05, 0) is 48.6 Å². The zero-order valence-electron chi connectivity index (χ0n) is 19.1. The molecule has 166 valence electrons. The third-order valence-electron chi connectivity index (χ3n) is 5.76. The summed E-state index contributed by atoms with van der Waals surface area (Å²) in [7, 11) is 1.68. The van der Waals surface area contributed by atoms with Crippen molar-refractivity contribution >= 4 is 17.4 Å². The number of carbonyl (C=O) groups excluding carboxylic acids is 1. The first-order valence-corrected chi connectivity index (χ1v) is 11.5. The quantitative estimate of drug-likeness (QED) is 0.512. The largest absolute Gasteiger partial charge is 0.497 e. The lowest BCUT2D eigenvalue weighted by molar-refractivity contribution is -0.122. The molecular formula is C26H35N3O2. The van der Waals surface area contributed by atoms with Crippen molar-refractivity contribution in [2.45, 2.75) is 65.0 Å². The number of methoxy groups -OCH3 is 1. The van der Waals surface area contributed by atoms with E-state index in [9.17, 15) is 4.79 Å². The number of carbonyl (C=O) groups is 1. The molecule has 0 saturated heterocycles. The predicted molar refractivity (Wildman–Crippen MR) is 128 cm³/mol. The van der Waals surface area contributed by atoms with Crippen molar-refractivity contribution in [2.24, 2.45) is 4.99 Å². The Morgan fingerprint density at radius 2 is 1.87 bits per heavy atom. The molecule has 1 atom stereocenters. The molecule has 1 unspecified atom stereocenters. The minimum Gasteiger partial charge on any atom is -0.497 e. The lowest BCUT2D eigenvalue weighted by Gasteiger charge is -2.37. The van der Waals surface area contributed by atoms with E-state index in [1.807, 2.05) is 18.2 Å². The van der Waals surface area contributed by atoms with E-state index >= 15 is 0 Å². The summed E-state index contributed by atoms with van der Waals surface area (Å²) in [6.45, 7) is 5.67. The minimum absolute atomic E-state index is 0.101. The molecule has 31 heavy (non-hydrogen) atoms. The fourth-order valence-corrected chi connectivity index (χ4v) is 4.02. The van der Waals surface area contributed by atoms with Gasteiger partial charge in [-0.25, -0.2) is 0 Å². The first-order chi connectivity index (χ1) is 15.2. The van der Waals surface area contributed by atoms with Crippen molar-refractivity contribution in [1.82, 2.24) is 5.32 Å². The summed E-state index contributed by atoms with van der Waals surface area (Å²) in [5.74, 6) is 1.96. The third-order valence-corrected chi connectivity index (χ3v) is 5.76. The summed E-state index contributed by atoms with van der Waals surface area (Å²) in [6.07, 6.45) is 5.48. The fraction of sp³-hybridized carbons (Fsp3) is 0.462. The van der Waals surface area contributed by atoms with Gasteiger partial charge in [-0.2, -0.15) is 0 Å². The van der Waals surface area contributed by atoms with Crippen LogP contribution in [0.3, 0.4) is 0 Å². The summed E-state index contributed by atoms with van der Waals surface area (Å²) in [4.78, 5) is 20.3. The molecule has 0 saturated carbocycles. The van der Waals surface area contributed by atoms with Crippen LogP contribution in [0.15, 0.2) is 53.5 Å². The molecule has 0 aromatic heterocycles. The number of para-hydroxylation sites is 1. The Labute approximate surface area is 186 Å². The highest BCUT2D eigenvalue weighted by molar-refractivity contribution is 6.05. The molecule has 3 rings (SSSR count). The average molecular weight is 422 g/mol. The Morgan fingerprint density at radius 3 is 2.58 bits per heavy atom. The number of nitrogens with one attached hydrogen (secondary N) is 1. The molecule has 1 N–H and O–H groups in total. The molecule has 5 heteroatoms. The summed E-state index contributed by atoms with van der Waals surface area (Å²) >= 11 is 0. The van der Waals surface area contributed by atoms with Gasteiger partial charge < -0.3 is 15.0 Å². The molecule has 1 heterocycles. The number of hydrogen-bond donors (Lipinski definition) is 1. The van der Waals surface area contributed by atoms with Gasteiger partial charge in [-0.1, -0.05) is 57.0 Å². The zero-order chi connectivity index (χ0) is 22.1. The molecule has 0 radical (unpaired) electrons. The van der Waals surface area contributed by atoms with Gasteiger partial charge in [0, 0.05) is 18.7 Å². The number of amidine groups is 1. The number of ether oxygens (including phenoxy) is 1. The Morgan fingerprint density at radius 1 is 1.10 bits per heavy atom. The highest BCUT2D eigenvalue weighted by Gasteiger charge is 2.32. The average Bonchev–Trinajstić information content (AvgIpc) is 2.81. The van der Waals surface area contributed by atoms with Crippen LogP contribution < -0.4 is 15.0 Å². The summed E-state index contributed by atoms with van der Waals surface area (Å²) in [6, 6.07) is 16.3. The maximum Gasteiger partial charge on any atom is 0.243 e. The predicted octanol–water partition coefficient (Wildman–Crippen LogP) is 5.13. The van der Waals surface area contributed by atoms with Gasteiger partial charge in [0.25, 0.3) is 0 Å². The molecule has 1 aliphatic rings. The molecule has 2 aromatic carbocycles. The second-order valence-corrected chi connectivity index (χ2v) is 8.03. The molecule has 1 aliphatic heterocycles. The van der Waals surface area contributed by atoms with Gasteiger partial charge in [-0.15, -0.1) is 0 Å². The van der Waals surface area contributed by atoms with E-state index in [0.717, 1.165) is 62.3 Å². The van der Waals surface area contributed by atoms with Crippen LogP contribution in [-0.4, -0.2) is 31.4 Å². The van der Waals surface area contributed by atoms with Gasteiger partial charge in [0.15, 0.2) is 0 Å². The zero-order valence-corrected chi connectivity index (χ0v) is 19.1. The second-order valence-electron chi connectivity index (χ2n) is 8.03. The maximum absolute atomic E-state index is 13.2. The van der Waals surface area contributed by atoms with Crippen LogP contribution in [0.4, 0.5) is 5.69 Å². The number of aryl methyl sites for hydroxylation is 1. The van der Waals surface area contributed by atoms with E-state index in [2.05, 4.69) is 54.4 Å². The molecule has 0 bridgehead atoms. The third kappa shape index (κ3) is 5.87. The van der Waals surface area contributed by atoms with E-state index < -0.39 is 0 Å². The number of anilines is 1. The van der Waals surface area contributed by atoms with Crippen molar-refractivity contribution in [2.75, 3.05) is 18.6 Å². The van der Waals surface area contributed by atoms with Crippen molar-refractivity contribution in [1.29, 1.82) is 0 Å². The van der Waals surface area contributed by atoms with Crippen LogP contribution >= 0.6 is 0 Å². The van der Waals surface area contributed by atoms with E-state index in [-0.39, 0.29) is 11.9 Å². The van der Waals surface area contributed by atoms with Crippen LogP contribution in [0.2, 0.25) is 0 Å². The van der Waals surface area contributed by atoms with Crippen molar-refractivity contribution in [3.05, 3.63) is 59.7 Å². The molecule has 2 aromatic rings. The van der Waals surface area contributed by atoms with Crippen LogP contribution in [0, 0.1) is 0 Å². The Balaban J connectivity index is 1.83. The van der Waals surface area contributed by atoms with E-state index in [1.54, 1.807) is 7.11 Å². The molecule has 0 aliphatic carbocycles. The summed E-state index contributed by atoms with van der Waals surface area (Å²) in [5.41, 5.74) is 3.53. The van der Waals surface area contributed by atoms with Gasteiger partial charge in [0.05, 0.1) is 13.7 Å². The highest BCUT2D eigenvalue weighted by atomic mass is 16.5. The van der Waals surface area contributed by atoms with Crippen molar-refractivity contribution < 1.29 is 9.53 Å². The number of amides is 1. The number of fused-ring (bicyclic) bond motifs is 1. The molecule has 1 amide bonds. The second kappa shape index (κ2) is 11.5. The van der Waals surface area contributed by atoms with E-state index in [4.69, 9.17) is 9.73 Å². The van der Waals surface area contributed by atoms with Crippen LogP contribution in [-0.2, 0) is 17.8 Å². The maximum atomic E-state index is 13.2. The van der Waals surface area contributed by atoms with Crippen LogP contribution in [0.5, 0.6) is 5.75 Å². The van der Waals surface area contributed by atoms with Crippen molar-refractivity contribution in [3.8, 4) is 5.75 Å². The van der Waals surface area contributed by atoms with Crippen LogP contribution in [0.1, 0.15) is 57.1 Å². The van der Waals surface area contributed by atoms with Gasteiger partial charge in [0.2, 0.25) is 5.91 Å². The molecule has 0 fully saturated rings. The number of unbranched alkanes of at least 4 members (excludes halogenated alkanes) is 1. The topological polar surface area (TPSA) is 53.9 Å². The van der Waals surface area contributed by atoms with Crippen molar-refractivity contribution in [3.63, 3.8) is 0 Å². The lowest BCUT2D eigenvalue weighted by Crippen LogP contribution is -2.51. The SMILES string of the molecule is CCCCNC(=O)C(CCC)N1C(CCc2ccc(OC)cc2)=NCc2ccccc21. The minimum atomic E-state index is -0.238. The highest BCUT2D eigenvalue weighted by Crippen LogP contribution is 2.30. The fourth-order valence-electron chi connectivity index (χ4n) is 4.02. The summed E-state index contributed by atoms with van der Waals surface area (Å²) in [5, 5.41) is 3.15. The Kier molecular flexibility index (Phi) is 8.51. The van der Waals surface area contributed by atoms with Gasteiger partial charge in [0.1, 0.15) is 17.6 Å². The number of nitrogens with zero attached hydrogens (tertiary/aromatic N) is 2. The number of rotatable bonds is 11. The normalized spacial score (nSPS) is 13.9. The molecule has 0 spiro atoms. The first kappa shape index (κ1) is 22.9. The smallest absolute Gasteiger partial charge is 0.243 e. The first-order valence-electron chi connectivity index (χ1n) is 11.5. The number of benzene rings is 2. The summed E-state index contributed by atoms with van der Waals surface area (Å²) < 4.78 is 5.27. The number of aliphatic imine (C=N–C) groups is 1. The molecule has 5 nitrogen and oxygen atoms in total. The Bertz CT molecular complexity index is 876. The van der Waals surface area contributed by atoms with E-state index in [0.29, 0.717) is 6.54 Å². The van der Waals surface area contributed by atoms with Gasteiger partial charge in [-0.3, -0.25) is 9.79 Å².